The number of amides is 2. The second-order valence-corrected chi connectivity index (χ2v) is 10.0. The van der Waals surface area contributed by atoms with Gasteiger partial charge in [-0.15, -0.1) is 0 Å². The van der Waals surface area contributed by atoms with Gasteiger partial charge in [0.1, 0.15) is 0 Å². The van der Waals surface area contributed by atoms with Gasteiger partial charge in [-0.1, -0.05) is 55.4 Å². The summed E-state index contributed by atoms with van der Waals surface area (Å²) in [6.07, 6.45) is 3.86. The van der Waals surface area contributed by atoms with E-state index in [0.29, 0.717) is 12.5 Å². The van der Waals surface area contributed by atoms with Crippen molar-refractivity contribution in [2.24, 2.45) is 22.2 Å². The van der Waals surface area contributed by atoms with Crippen LogP contribution in [0.4, 0.5) is 0 Å². The van der Waals surface area contributed by atoms with Crippen LogP contribution in [0.3, 0.4) is 0 Å². The molecular formula is C20H38N2O2. The quantitative estimate of drug-likeness (QED) is 0.799. The fraction of sp³-hybridized carbons (Fsp3) is 0.900. The summed E-state index contributed by atoms with van der Waals surface area (Å²) < 4.78 is 0. The van der Waals surface area contributed by atoms with Crippen molar-refractivity contribution in [3.8, 4) is 0 Å². The molecule has 140 valence electrons. The van der Waals surface area contributed by atoms with Crippen molar-refractivity contribution < 1.29 is 9.59 Å². The van der Waals surface area contributed by atoms with Gasteiger partial charge in [-0.25, -0.2) is 0 Å². The number of hydrogen-bond acceptors (Lipinski definition) is 2. The van der Waals surface area contributed by atoms with Crippen molar-refractivity contribution >= 4 is 11.8 Å². The van der Waals surface area contributed by atoms with Crippen LogP contribution in [0, 0.1) is 22.2 Å². The van der Waals surface area contributed by atoms with Gasteiger partial charge in [0.15, 0.2) is 0 Å². The Morgan fingerprint density at radius 3 is 2.12 bits per heavy atom. The number of carbonyl (C=O) groups is 2. The Morgan fingerprint density at radius 1 is 1.04 bits per heavy atom. The number of hydrogen-bond donors (Lipinski definition) is 2. The van der Waals surface area contributed by atoms with Crippen LogP contribution in [0.15, 0.2) is 0 Å². The molecule has 2 unspecified atom stereocenters. The molecule has 0 aliphatic heterocycles. The highest BCUT2D eigenvalue weighted by atomic mass is 16.2. The predicted octanol–water partition coefficient (Wildman–Crippen LogP) is 3.90. The highest BCUT2D eigenvalue weighted by Crippen LogP contribution is 2.39. The molecule has 0 aromatic heterocycles. The van der Waals surface area contributed by atoms with E-state index in [1.165, 1.54) is 0 Å². The summed E-state index contributed by atoms with van der Waals surface area (Å²) in [5.41, 5.74) is -0.496. The molecule has 1 aliphatic rings. The van der Waals surface area contributed by atoms with Crippen LogP contribution in [0.1, 0.15) is 81.1 Å². The lowest BCUT2D eigenvalue weighted by atomic mass is 9.69. The Hall–Kier alpha value is -1.06. The molecule has 0 aromatic rings. The molecule has 2 N–H and O–H groups in total. The number of carbonyl (C=O) groups excluding carboxylic acids is 2. The van der Waals surface area contributed by atoms with E-state index in [4.69, 9.17) is 0 Å². The Bertz CT molecular complexity index is 461. The molecule has 1 fully saturated rings. The fourth-order valence-corrected chi connectivity index (χ4v) is 3.41. The highest BCUT2D eigenvalue weighted by Gasteiger charge is 2.36. The normalized spacial score (nSPS) is 24.3. The van der Waals surface area contributed by atoms with Gasteiger partial charge in [0.2, 0.25) is 11.8 Å². The molecule has 2 atom stereocenters. The lowest BCUT2D eigenvalue weighted by Crippen LogP contribution is -2.49. The molecule has 1 rings (SSSR count). The van der Waals surface area contributed by atoms with Gasteiger partial charge < -0.3 is 10.6 Å². The van der Waals surface area contributed by atoms with Gasteiger partial charge in [-0.05, 0) is 37.0 Å². The van der Waals surface area contributed by atoms with E-state index < -0.39 is 0 Å². The summed E-state index contributed by atoms with van der Waals surface area (Å²) in [7, 11) is 0. The molecule has 1 aliphatic carbocycles. The molecule has 24 heavy (non-hydrogen) atoms. The van der Waals surface area contributed by atoms with Gasteiger partial charge in [0.05, 0.1) is 0 Å². The molecule has 2 amide bonds. The topological polar surface area (TPSA) is 58.2 Å². The molecule has 0 saturated heterocycles. The molecular weight excluding hydrogens is 300 g/mol. The van der Waals surface area contributed by atoms with Crippen molar-refractivity contribution in [3.63, 3.8) is 0 Å². The van der Waals surface area contributed by atoms with Crippen LogP contribution in [0.2, 0.25) is 0 Å². The second-order valence-electron chi connectivity index (χ2n) is 10.0. The van der Waals surface area contributed by atoms with E-state index >= 15 is 0 Å². The minimum absolute atomic E-state index is 0.111. The molecule has 0 radical (unpaired) electrons. The Balaban J connectivity index is 2.66. The van der Waals surface area contributed by atoms with Gasteiger partial charge in [0.25, 0.3) is 0 Å². The number of rotatable bonds is 5. The van der Waals surface area contributed by atoms with E-state index in [1.54, 1.807) is 0 Å². The third-order valence-electron chi connectivity index (χ3n) is 5.32. The summed E-state index contributed by atoms with van der Waals surface area (Å²) in [4.78, 5) is 24.6. The van der Waals surface area contributed by atoms with Crippen LogP contribution in [-0.2, 0) is 9.59 Å². The zero-order chi connectivity index (χ0) is 18.8. The molecule has 0 spiro atoms. The van der Waals surface area contributed by atoms with E-state index in [9.17, 15) is 9.59 Å². The smallest absolute Gasteiger partial charge is 0.225 e. The van der Waals surface area contributed by atoms with Crippen LogP contribution in [0.5, 0.6) is 0 Å². The van der Waals surface area contributed by atoms with Crippen molar-refractivity contribution in [2.45, 2.75) is 87.1 Å². The largest absolute Gasteiger partial charge is 0.355 e. The summed E-state index contributed by atoms with van der Waals surface area (Å²) in [6, 6.07) is 0.196. The SMILES string of the molecule is CCC(C)(C)C(=O)NCC1CC(NC(=O)C(C)(C)C)CC(C)(C)C1. The minimum Gasteiger partial charge on any atom is -0.355 e. The second kappa shape index (κ2) is 7.45. The zero-order valence-electron chi connectivity index (χ0n) is 17.0. The van der Waals surface area contributed by atoms with Gasteiger partial charge in [-0.3, -0.25) is 9.59 Å². The van der Waals surface area contributed by atoms with E-state index in [1.807, 2.05) is 41.5 Å². The third kappa shape index (κ3) is 6.10. The highest BCUT2D eigenvalue weighted by molar-refractivity contribution is 5.82. The van der Waals surface area contributed by atoms with E-state index in [-0.39, 0.29) is 34.1 Å². The summed E-state index contributed by atoms with van der Waals surface area (Å²) in [5, 5.41) is 6.36. The lowest BCUT2D eigenvalue weighted by molar-refractivity contribution is -0.131. The third-order valence-corrected chi connectivity index (χ3v) is 5.32. The van der Waals surface area contributed by atoms with Crippen LogP contribution >= 0.6 is 0 Å². The Morgan fingerprint density at radius 2 is 1.62 bits per heavy atom. The molecule has 4 nitrogen and oxygen atoms in total. The van der Waals surface area contributed by atoms with Crippen molar-refractivity contribution in [1.29, 1.82) is 0 Å². The average Bonchev–Trinajstić information content (AvgIpc) is 2.41. The van der Waals surface area contributed by atoms with Crippen molar-refractivity contribution in [2.75, 3.05) is 6.54 Å². The molecule has 4 heteroatoms. The maximum atomic E-state index is 12.3. The lowest BCUT2D eigenvalue weighted by Gasteiger charge is -2.41. The summed E-state index contributed by atoms with van der Waals surface area (Å²) in [5.74, 6) is 0.652. The fourth-order valence-electron chi connectivity index (χ4n) is 3.41. The van der Waals surface area contributed by atoms with E-state index in [0.717, 1.165) is 25.7 Å². The first-order valence-electron chi connectivity index (χ1n) is 9.36. The molecule has 0 bridgehead atoms. The van der Waals surface area contributed by atoms with Gasteiger partial charge in [0, 0.05) is 23.4 Å². The van der Waals surface area contributed by atoms with Crippen LogP contribution in [0.25, 0.3) is 0 Å². The van der Waals surface area contributed by atoms with Crippen LogP contribution < -0.4 is 10.6 Å². The first-order valence-corrected chi connectivity index (χ1v) is 9.36. The van der Waals surface area contributed by atoms with Crippen molar-refractivity contribution in [3.05, 3.63) is 0 Å². The first kappa shape index (κ1) is 21.0. The first-order chi connectivity index (χ1) is 10.8. The van der Waals surface area contributed by atoms with Crippen LogP contribution in [-0.4, -0.2) is 24.4 Å². The van der Waals surface area contributed by atoms with Gasteiger partial charge >= 0.3 is 0 Å². The molecule has 1 saturated carbocycles. The molecule has 0 heterocycles. The van der Waals surface area contributed by atoms with E-state index in [2.05, 4.69) is 24.5 Å². The Kier molecular flexibility index (Phi) is 6.51. The predicted molar refractivity (Wildman–Crippen MR) is 99.6 cm³/mol. The maximum Gasteiger partial charge on any atom is 0.225 e. The average molecular weight is 339 g/mol. The summed E-state index contributed by atoms with van der Waals surface area (Å²) >= 11 is 0. The Labute approximate surface area is 148 Å². The zero-order valence-corrected chi connectivity index (χ0v) is 17.0. The number of nitrogens with one attached hydrogen (secondary N) is 2. The standard InChI is InChI=1S/C20H38N2O2/c1-9-20(7,8)17(24)21-13-14-10-15(12-19(5,6)11-14)22-16(23)18(2,3)4/h14-15H,9-13H2,1-8H3,(H,21,24)(H,22,23). The summed E-state index contributed by atoms with van der Waals surface area (Å²) in [6.45, 7) is 17.1. The molecule has 0 aromatic carbocycles. The van der Waals surface area contributed by atoms with Crippen molar-refractivity contribution in [1.82, 2.24) is 10.6 Å². The monoisotopic (exact) mass is 338 g/mol. The van der Waals surface area contributed by atoms with Gasteiger partial charge in [-0.2, -0.15) is 0 Å². The minimum atomic E-state index is -0.365. The maximum absolute atomic E-state index is 12.3.